The molecule has 0 saturated carbocycles. The van der Waals surface area contributed by atoms with Crippen molar-refractivity contribution in [3.63, 3.8) is 0 Å². The van der Waals surface area contributed by atoms with Gasteiger partial charge in [-0.3, -0.25) is 0 Å². The topological polar surface area (TPSA) is 72.6 Å². The predicted octanol–water partition coefficient (Wildman–Crippen LogP) is -0.424. The summed E-state index contributed by atoms with van der Waals surface area (Å²) in [7, 11) is 0. The van der Waals surface area contributed by atoms with E-state index in [-0.39, 0.29) is 12.1 Å². The monoisotopic (exact) mass is 145 g/mol. The Morgan fingerprint density at radius 1 is 1.80 bits per heavy atom. The second-order valence-electron chi connectivity index (χ2n) is 2.61. The maximum absolute atomic E-state index is 10.4. The van der Waals surface area contributed by atoms with Crippen molar-refractivity contribution in [3.05, 3.63) is 0 Å². The van der Waals surface area contributed by atoms with Gasteiger partial charge in [0.15, 0.2) is 6.10 Å². The Morgan fingerprint density at radius 2 is 2.40 bits per heavy atom. The van der Waals surface area contributed by atoms with Gasteiger partial charge in [0.2, 0.25) is 0 Å². The number of hydrogen-bond acceptors (Lipinski definition) is 3. The molecule has 0 aliphatic carbocycles. The molecule has 3 atom stereocenters. The molecule has 1 saturated heterocycles. The molecule has 4 heteroatoms. The summed E-state index contributed by atoms with van der Waals surface area (Å²) in [4.78, 5) is 10.4. The molecule has 1 rings (SSSR count). The molecule has 0 aromatic rings. The van der Waals surface area contributed by atoms with Gasteiger partial charge in [0.25, 0.3) is 0 Å². The summed E-state index contributed by atoms with van der Waals surface area (Å²) >= 11 is 0. The average Bonchev–Trinajstić information content (AvgIpc) is 2.10. The lowest BCUT2D eigenvalue weighted by Crippen LogP contribution is -2.36. The summed E-state index contributed by atoms with van der Waals surface area (Å²) in [6.07, 6.45) is -0.178. The number of carboxylic acids is 1. The second-order valence-corrected chi connectivity index (χ2v) is 2.61. The minimum Gasteiger partial charge on any atom is -0.479 e. The van der Waals surface area contributed by atoms with Crippen molar-refractivity contribution in [1.29, 1.82) is 0 Å². The first-order valence-corrected chi connectivity index (χ1v) is 3.25. The number of nitrogens with two attached hydrogens (primary N) is 1. The maximum Gasteiger partial charge on any atom is 0.334 e. The van der Waals surface area contributed by atoms with Gasteiger partial charge in [-0.25, -0.2) is 4.79 Å². The molecule has 0 bridgehead atoms. The van der Waals surface area contributed by atoms with E-state index in [2.05, 4.69) is 0 Å². The van der Waals surface area contributed by atoms with Crippen LogP contribution in [0, 0.1) is 0 Å². The van der Waals surface area contributed by atoms with Gasteiger partial charge in [-0.05, 0) is 13.3 Å². The van der Waals surface area contributed by atoms with Gasteiger partial charge in [-0.1, -0.05) is 0 Å². The van der Waals surface area contributed by atoms with Crippen molar-refractivity contribution in [2.24, 2.45) is 5.73 Å². The lowest BCUT2D eigenvalue weighted by atomic mass is 10.1. The minimum atomic E-state index is -0.961. The van der Waals surface area contributed by atoms with E-state index < -0.39 is 12.1 Å². The molecule has 1 fully saturated rings. The van der Waals surface area contributed by atoms with Crippen LogP contribution < -0.4 is 5.73 Å². The van der Waals surface area contributed by atoms with Crippen LogP contribution in [0.25, 0.3) is 0 Å². The highest BCUT2D eigenvalue weighted by molar-refractivity contribution is 5.73. The third kappa shape index (κ3) is 1.27. The molecule has 1 heterocycles. The summed E-state index contributed by atoms with van der Waals surface area (Å²) in [6, 6.07) is -0.340. The van der Waals surface area contributed by atoms with Gasteiger partial charge in [-0.2, -0.15) is 0 Å². The van der Waals surface area contributed by atoms with E-state index in [9.17, 15) is 4.79 Å². The van der Waals surface area contributed by atoms with E-state index in [0.29, 0.717) is 6.42 Å². The number of ether oxygens (including phenoxy) is 1. The fraction of sp³-hybridized carbons (Fsp3) is 0.833. The number of carboxylic acid groups (broad SMARTS) is 1. The Labute approximate surface area is 59.0 Å². The standard InChI is InChI=1S/C6H11NO3/c1-3-2-4(7)5(10-3)6(8)9/h3-5H,2,7H2,1H3,(H,8,9). The SMILES string of the molecule is CC1CC(N)C(C(=O)O)O1. The quantitative estimate of drug-likeness (QED) is 0.525. The lowest BCUT2D eigenvalue weighted by molar-refractivity contribution is -0.149. The lowest BCUT2D eigenvalue weighted by Gasteiger charge is -2.07. The van der Waals surface area contributed by atoms with Gasteiger partial charge in [-0.15, -0.1) is 0 Å². The summed E-state index contributed by atoms with van der Waals surface area (Å²) in [5.41, 5.74) is 5.46. The van der Waals surface area contributed by atoms with Crippen LogP contribution in [0.15, 0.2) is 0 Å². The molecule has 3 N–H and O–H groups in total. The Hall–Kier alpha value is -0.610. The minimum absolute atomic E-state index is 0.0175. The molecule has 10 heavy (non-hydrogen) atoms. The summed E-state index contributed by atoms with van der Waals surface area (Å²) < 4.78 is 5.01. The third-order valence-corrected chi connectivity index (χ3v) is 1.62. The van der Waals surface area contributed by atoms with E-state index in [1.807, 2.05) is 6.92 Å². The first-order valence-electron chi connectivity index (χ1n) is 3.25. The number of aliphatic carboxylic acids is 1. The first-order chi connectivity index (χ1) is 4.61. The van der Waals surface area contributed by atoms with Gasteiger partial charge in [0.1, 0.15) is 0 Å². The van der Waals surface area contributed by atoms with Crippen LogP contribution in [-0.2, 0) is 9.53 Å². The predicted molar refractivity (Wildman–Crippen MR) is 34.6 cm³/mol. The van der Waals surface area contributed by atoms with E-state index >= 15 is 0 Å². The van der Waals surface area contributed by atoms with Crippen molar-refractivity contribution < 1.29 is 14.6 Å². The van der Waals surface area contributed by atoms with Crippen LogP contribution >= 0.6 is 0 Å². The van der Waals surface area contributed by atoms with E-state index in [4.69, 9.17) is 15.6 Å². The van der Waals surface area contributed by atoms with Crippen molar-refractivity contribution in [2.45, 2.75) is 31.6 Å². The number of hydrogen-bond donors (Lipinski definition) is 2. The molecular weight excluding hydrogens is 134 g/mol. The highest BCUT2D eigenvalue weighted by Crippen LogP contribution is 2.17. The van der Waals surface area contributed by atoms with Crippen molar-refractivity contribution >= 4 is 5.97 Å². The van der Waals surface area contributed by atoms with Crippen molar-refractivity contribution in [3.8, 4) is 0 Å². The highest BCUT2D eigenvalue weighted by Gasteiger charge is 2.35. The van der Waals surface area contributed by atoms with Crippen LogP contribution in [0.2, 0.25) is 0 Å². The zero-order valence-electron chi connectivity index (χ0n) is 5.78. The molecule has 0 radical (unpaired) electrons. The largest absolute Gasteiger partial charge is 0.479 e. The van der Waals surface area contributed by atoms with Crippen molar-refractivity contribution in [2.75, 3.05) is 0 Å². The molecule has 0 aromatic carbocycles. The summed E-state index contributed by atoms with van der Waals surface area (Å²) in [6.45, 7) is 1.82. The Bertz CT molecular complexity index is 148. The second kappa shape index (κ2) is 2.56. The van der Waals surface area contributed by atoms with E-state index in [0.717, 1.165) is 0 Å². The Kier molecular flexibility index (Phi) is 1.92. The van der Waals surface area contributed by atoms with Crippen LogP contribution in [0.5, 0.6) is 0 Å². The van der Waals surface area contributed by atoms with Gasteiger partial charge in [0, 0.05) is 6.04 Å². The number of carbonyl (C=O) groups is 1. The smallest absolute Gasteiger partial charge is 0.334 e. The molecule has 0 aromatic heterocycles. The molecule has 58 valence electrons. The summed E-state index contributed by atoms with van der Waals surface area (Å²) in [5, 5.41) is 8.50. The molecule has 3 unspecified atom stereocenters. The van der Waals surface area contributed by atoms with Crippen LogP contribution in [0.1, 0.15) is 13.3 Å². The highest BCUT2D eigenvalue weighted by atomic mass is 16.5. The van der Waals surface area contributed by atoms with E-state index in [1.54, 1.807) is 0 Å². The normalized spacial score (nSPS) is 40.0. The molecule has 4 nitrogen and oxygen atoms in total. The zero-order chi connectivity index (χ0) is 7.72. The number of rotatable bonds is 1. The molecule has 0 spiro atoms. The fourth-order valence-electron chi connectivity index (χ4n) is 1.15. The molecule has 1 aliphatic heterocycles. The van der Waals surface area contributed by atoms with Crippen molar-refractivity contribution in [1.82, 2.24) is 0 Å². The van der Waals surface area contributed by atoms with Gasteiger partial charge >= 0.3 is 5.97 Å². The Balaban J connectivity index is 2.54. The Morgan fingerprint density at radius 3 is 2.60 bits per heavy atom. The fourth-order valence-corrected chi connectivity index (χ4v) is 1.15. The summed E-state index contributed by atoms with van der Waals surface area (Å²) in [5.74, 6) is -0.961. The molecule has 1 aliphatic rings. The van der Waals surface area contributed by atoms with Crippen LogP contribution in [0.3, 0.4) is 0 Å². The van der Waals surface area contributed by atoms with Crippen LogP contribution in [0.4, 0.5) is 0 Å². The van der Waals surface area contributed by atoms with Gasteiger partial charge < -0.3 is 15.6 Å². The van der Waals surface area contributed by atoms with Gasteiger partial charge in [0.05, 0.1) is 6.10 Å². The maximum atomic E-state index is 10.4. The third-order valence-electron chi connectivity index (χ3n) is 1.62. The molecular formula is C6H11NO3. The molecule has 0 amide bonds. The first kappa shape index (κ1) is 7.50. The zero-order valence-corrected chi connectivity index (χ0v) is 5.78. The van der Waals surface area contributed by atoms with Crippen LogP contribution in [-0.4, -0.2) is 29.3 Å². The average molecular weight is 145 g/mol. The van der Waals surface area contributed by atoms with E-state index in [1.165, 1.54) is 0 Å².